The zero-order valence-electron chi connectivity index (χ0n) is 16.7. The van der Waals surface area contributed by atoms with Crippen LogP contribution in [0.2, 0.25) is 0 Å². The summed E-state index contributed by atoms with van der Waals surface area (Å²) >= 11 is 0. The highest BCUT2D eigenvalue weighted by atomic mass is 32.2. The molecule has 0 saturated carbocycles. The summed E-state index contributed by atoms with van der Waals surface area (Å²) in [6.07, 6.45) is 1.32. The lowest BCUT2D eigenvalue weighted by Gasteiger charge is -2.17. The molecule has 3 aromatic rings. The third-order valence-electron chi connectivity index (χ3n) is 5.09. The van der Waals surface area contributed by atoms with Crippen molar-refractivity contribution >= 4 is 38.7 Å². The molecule has 14 heteroatoms. The van der Waals surface area contributed by atoms with E-state index in [1.807, 2.05) is 0 Å². The number of rotatable bonds is 6. The van der Waals surface area contributed by atoms with Crippen molar-refractivity contribution in [2.75, 3.05) is 18.1 Å². The number of carbonyl (C=O) groups is 1. The van der Waals surface area contributed by atoms with Gasteiger partial charge < -0.3 is 27.7 Å². The van der Waals surface area contributed by atoms with Crippen LogP contribution >= 0.6 is 0 Å². The van der Waals surface area contributed by atoms with Crippen LogP contribution in [0, 0.1) is 0 Å². The lowest BCUT2D eigenvalue weighted by atomic mass is 10.1. The largest absolute Gasteiger partial charge is 0.398 e. The SMILES string of the molecule is Nc1ccccc1C(=O)NS(=O)(=O)OC[C@H]1O[C@@H](n2cnc3c(N)ccnc32)[C@H](N)[C@@H]1N. The third kappa shape index (κ3) is 4.09. The van der Waals surface area contributed by atoms with Gasteiger partial charge in [0.2, 0.25) is 0 Å². The molecule has 0 unspecified atom stereocenters. The number of imidazole rings is 1. The number of carbonyl (C=O) groups excluding carboxylic acids is 1. The van der Waals surface area contributed by atoms with Crippen molar-refractivity contribution < 1.29 is 22.1 Å². The van der Waals surface area contributed by atoms with Gasteiger partial charge in [-0.3, -0.25) is 13.5 Å². The Balaban J connectivity index is 1.44. The van der Waals surface area contributed by atoms with Crippen LogP contribution in [-0.4, -0.2) is 53.7 Å². The predicted octanol–water partition coefficient (Wildman–Crippen LogP) is -1.16. The van der Waals surface area contributed by atoms with Crippen LogP contribution in [0.4, 0.5) is 11.4 Å². The number of ether oxygens (including phenoxy) is 1. The number of hydrogen-bond donors (Lipinski definition) is 5. The molecule has 0 radical (unpaired) electrons. The van der Waals surface area contributed by atoms with Gasteiger partial charge in [0.15, 0.2) is 11.9 Å². The number of nitrogens with zero attached hydrogens (tertiary/aromatic N) is 3. The average Bonchev–Trinajstić information content (AvgIpc) is 3.29. The van der Waals surface area contributed by atoms with Crippen LogP contribution in [0.3, 0.4) is 0 Å². The van der Waals surface area contributed by atoms with Crippen LogP contribution in [0.5, 0.6) is 0 Å². The molecule has 13 nitrogen and oxygen atoms in total. The zero-order valence-corrected chi connectivity index (χ0v) is 17.5. The van der Waals surface area contributed by atoms with Gasteiger partial charge in [-0.1, -0.05) is 12.1 Å². The fourth-order valence-electron chi connectivity index (χ4n) is 3.40. The molecule has 1 aliphatic rings. The van der Waals surface area contributed by atoms with E-state index in [1.54, 1.807) is 27.5 Å². The van der Waals surface area contributed by atoms with Gasteiger partial charge in [-0.05, 0) is 18.2 Å². The summed E-state index contributed by atoms with van der Waals surface area (Å²) in [5.41, 5.74) is 25.4. The number of anilines is 2. The summed E-state index contributed by atoms with van der Waals surface area (Å²) in [4.78, 5) is 20.7. The van der Waals surface area contributed by atoms with Gasteiger partial charge >= 0.3 is 10.3 Å². The molecule has 1 aromatic carbocycles. The Bertz CT molecular complexity index is 1260. The normalized spacial score (nSPS) is 23.4. The first kappa shape index (κ1) is 21.9. The van der Waals surface area contributed by atoms with Crippen LogP contribution < -0.4 is 27.7 Å². The van der Waals surface area contributed by atoms with Gasteiger partial charge in [0.05, 0.1) is 36.3 Å². The minimum absolute atomic E-state index is 0.00524. The molecule has 4 rings (SSSR count). The molecule has 1 aliphatic heterocycles. The van der Waals surface area contributed by atoms with Gasteiger partial charge in [0, 0.05) is 11.9 Å². The lowest BCUT2D eigenvalue weighted by molar-refractivity contribution is -0.0206. The van der Waals surface area contributed by atoms with Crippen molar-refractivity contribution in [3.8, 4) is 0 Å². The molecule has 2 aromatic heterocycles. The number of nitrogens with two attached hydrogens (primary N) is 4. The Morgan fingerprint density at radius 1 is 1.12 bits per heavy atom. The first-order valence-corrected chi connectivity index (χ1v) is 10.9. The highest BCUT2D eigenvalue weighted by Gasteiger charge is 2.42. The first-order chi connectivity index (χ1) is 15.2. The molecule has 170 valence electrons. The Hall–Kier alpha value is -3.30. The van der Waals surface area contributed by atoms with E-state index in [-0.39, 0.29) is 11.3 Å². The molecule has 3 heterocycles. The van der Waals surface area contributed by atoms with Crippen molar-refractivity contribution in [1.29, 1.82) is 0 Å². The highest BCUT2D eigenvalue weighted by Crippen LogP contribution is 2.30. The number of para-hydroxylation sites is 1. The van der Waals surface area contributed by atoms with E-state index in [1.165, 1.54) is 24.7 Å². The maximum atomic E-state index is 12.2. The second-order valence-electron chi connectivity index (χ2n) is 7.20. The Labute approximate surface area is 182 Å². The zero-order chi connectivity index (χ0) is 23.0. The number of nitrogen functional groups attached to an aromatic ring is 2. The first-order valence-electron chi connectivity index (χ1n) is 9.47. The number of benzene rings is 1. The summed E-state index contributed by atoms with van der Waals surface area (Å²) in [5, 5.41) is 0. The average molecular weight is 462 g/mol. The van der Waals surface area contributed by atoms with Crippen LogP contribution in [0.1, 0.15) is 16.6 Å². The number of hydrogen-bond acceptors (Lipinski definition) is 11. The standard InChI is InChI=1S/C18H22N8O5S/c19-10-4-2-1-3-9(10)17(27)25-32(28,29)30-7-12-13(21)14(22)18(31-12)26-8-24-15-11(20)5-6-23-16(15)26/h1-6,8,12-14,18H,7,19,21-22H2,(H2,20,23)(H,25,27)/t12-,13-,14-,18-/m1/s1. The van der Waals surface area contributed by atoms with Crippen molar-refractivity contribution in [2.45, 2.75) is 24.4 Å². The molecule has 32 heavy (non-hydrogen) atoms. The molecule has 0 bridgehead atoms. The number of fused-ring (bicyclic) bond motifs is 1. The molecule has 0 aliphatic carbocycles. The fourth-order valence-corrected chi connectivity index (χ4v) is 4.11. The molecule has 1 saturated heterocycles. The molecule has 9 N–H and O–H groups in total. The topological polar surface area (TPSA) is 216 Å². The summed E-state index contributed by atoms with van der Waals surface area (Å²) in [7, 11) is -4.47. The van der Waals surface area contributed by atoms with Gasteiger partial charge in [-0.25, -0.2) is 14.7 Å². The minimum atomic E-state index is -4.47. The Morgan fingerprint density at radius 2 is 1.88 bits per heavy atom. The second-order valence-corrected chi connectivity index (χ2v) is 8.55. The van der Waals surface area contributed by atoms with Gasteiger partial charge in [0.1, 0.15) is 11.6 Å². The van der Waals surface area contributed by atoms with E-state index < -0.39 is 47.2 Å². The molecule has 1 amide bonds. The van der Waals surface area contributed by atoms with Gasteiger partial charge in [0.25, 0.3) is 5.91 Å². The molecular weight excluding hydrogens is 440 g/mol. The van der Waals surface area contributed by atoms with Crippen molar-refractivity contribution in [3.63, 3.8) is 0 Å². The van der Waals surface area contributed by atoms with Gasteiger partial charge in [-0.15, -0.1) is 0 Å². The molecule has 4 atom stereocenters. The number of aromatic nitrogens is 3. The van der Waals surface area contributed by atoms with E-state index in [9.17, 15) is 13.2 Å². The summed E-state index contributed by atoms with van der Waals surface area (Å²) in [6.45, 7) is -0.472. The minimum Gasteiger partial charge on any atom is -0.398 e. The van der Waals surface area contributed by atoms with Crippen molar-refractivity contribution in [1.82, 2.24) is 19.3 Å². The number of pyridine rings is 1. The number of amides is 1. The van der Waals surface area contributed by atoms with Crippen molar-refractivity contribution in [2.24, 2.45) is 11.5 Å². The van der Waals surface area contributed by atoms with E-state index in [4.69, 9.17) is 31.9 Å². The van der Waals surface area contributed by atoms with E-state index in [0.717, 1.165) is 0 Å². The quantitative estimate of drug-likeness (QED) is 0.275. The summed E-state index contributed by atoms with van der Waals surface area (Å²) in [5.74, 6) is -0.928. The smallest absolute Gasteiger partial charge is 0.362 e. The van der Waals surface area contributed by atoms with Crippen molar-refractivity contribution in [3.05, 3.63) is 48.4 Å². The molecule has 1 fully saturated rings. The Kier molecular flexibility index (Phi) is 5.70. The summed E-state index contributed by atoms with van der Waals surface area (Å²) < 4.78 is 38.6. The monoisotopic (exact) mass is 462 g/mol. The highest BCUT2D eigenvalue weighted by molar-refractivity contribution is 7.85. The van der Waals surface area contributed by atoms with E-state index in [2.05, 4.69) is 9.97 Å². The lowest BCUT2D eigenvalue weighted by Crippen LogP contribution is -2.47. The summed E-state index contributed by atoms with van der Waals surface area (Å²) in [6, 6.07) is 6.14. The number of nitrogens with one attached hydrogen (secondary N) is 1. The Morgan fingerprint density at radius 3 is 2.62 bits per heavy atom. The van der Waals surface area contributed by atoms with Crippen LogP contribution in [0.25, 0.3) is 11.2 Å². The third-order valence-corrected chi connectivity index (χ3v) is 5.98. The van der Waals surface area contributed by atoms with E-state index >= 15 is 0 Å². The van der Waals surface area contributed by atoms with Crippen LogP contribution in [0.15, 0.2) is 42.9 Å². The van der Waals surface area contributed by atoms with Crippen LogP contribution in [-0.2, 0) is 19.2 Å². The van der Waals surface area contributed by atoms with E-state index in [0.29, 0.717) is 16.9 Å². The molecule has 0 spiro atoms. The maximum absolute atomic E-state index is 12.2. The second kappa shape index (κ2) is 8.33. The van der Waals surface area contributed by atoms with Gasteiger partial charge in [-0.2, -0.15) is 8.42 Å². The fraction of sp³-hybridized carbons (Fsp3) is 0.278. The molecular formula is C18H22N8O5S. The maximum Gasteiger partial charge on any atom is 0.362 e. The predicted molar refractivity (Wildman–Crippen MR) is 115 cm³/mol.